The van der Waals surface area contributed by atoms with E-state index in [4.69, 9.17) is 18.9 Å². The first-order valence-electron chi connectivity index (χ1n) is 10.8. The van der Waals surface area contributed by atoms with Gasteiger partial charge in [-0.3, -0.25) is 14.5 Å². The summed E-state index contributed by atoms with van der Waals surface area (Å²) in [5.74, 6) is -1.08. The zero-order valence-electron chi connectivity index (χ0n) is 19.5. The van der Waals surface area contributed by atoms with Gasteiger partial charge in [-0.25, -0.2) is 4.98 Å². The van der Waals surface area contributed by atoms with Crippen LogP contribution < -0.4 is 14.4 Å². The highest BCUT2D eigenvalue weighted by molar-refractivity contribution is 7.22. The molecule has 5 rings (SSSR count). The number of nitrogens with zero attached hydrogens (tertiary/aromatic N) is 2. The number of hydrogen-bond donors (Lipinski definition) is 1. The maximum atomic E-state index is 13.5. The first kappa shape index (κ1) is 22.7. The fourth-order valence-electron chi connectivity index (χ4n) is 4.38. The van der Waals surface area contributed by atoms with Gasteiger partial charge >= 0.3 is 0 Å². The van der Waals surface area contributed by atoms with Crippen molar-refractivity contribution in [2.24, 2.45) is 0 Å². The van der Waals surface area contributed by atoms with Crippen LogP contribution in [0.4, 0.5) is 5.13 Å². The maximum absolute atomic E-state index is 13.5. The molecular formula is C26H22N2O6S. The van der Waals surface area contributed by atoms with Crippen molar-refractivity contribution in [1.29, 1.82) is 0 Å². The van der Waals surface area contributed by atoms with Crippen LogP contribution in [-0.4, -0.2) is 36.0 Å². The van der Waals surface area contributed by atoms with E-state index in [1.54, 1.807) is 24.3 Å². The number of carbonyl (C=O) groups is 2. The molecule has 0 saturated heterocycles. The van der Waals surface area contributed by atoms with Crippen molar-refractivity contribution >= 4 is 38.4 Å². The Labute approximate surface area is 205 Å². The highest BCUT2D eigenvalue weighted by Gasteiger charge is 2.47. The van der Waals surface area contributed by atoms with Gasteiger partial charge in [0.25, 0.3) is 5.91 Å². The molecule has 0 aliphatic carbocycles. The topological polar surface area (TPSA) is 102 Å². The Morgan fingerprint density at radius 2 is 1.94 bits per heavy atom. The van der Waals surface area contributed by atoms with Gasteiger partial charge in [-0.05, 0) is 61.4 Å². The number of methoxy groups -OCH3 is 2. The van der Waals surface area contributed by atoms with E-state index in [1.165, 1.54) is 42.8 Å². The van der Waals surface area contributed by atoms with Crippen molar-refractivity contribution in [3.05, 3.63) is 82.5 Å². The molecule has 1 amide bonds. The maximum Gasteiger partial charge on any atom is 0.296 e. The number of fused-ring (bicyclic) bond motifs is 1. The van der Waals surface area contributed by atoms with Crippen molar-refractivity contribution in [3.8, 4) is 11.5 Å². The Hall–Kier alpha value is -4.11. The van der Waals surface area contributed by atoms with Crippen molar-refractivity contribution in [3.63, 3.8) is 0 Å². The number of aliphatic hydroxyl groups excluding tert-OH is 1. The van der Waals surface area contributed by atoms with E-state index >= 15 is 0 Å². The molecule has 0 bridgehead atoms. The molecule has 1 N–H and O–H groups in total. The molecule has 35 heavy (non-hydrogen) atoms. The lowest BCUT2D eigenvalue weighted by Gasteiger charge is -2.26. The Kier molecular flexibility index (Phi) is 5.56. The zero-order valence-corrected chi connectivity index (χ0v) is 20.3. The number of thiazole rings is 1. The molecule has 2 aromatic carbocycles. The number of benzene rings is 2. The summed E-state index contributed by atoms with van der Waals surface area (Å²) in [6.07, 6.45) is 1.36. The van der Waals surface area contributed by atoms with Gasteiger partial charge in [-0.1, -0.05) is 17.4 Å². The number of amides is 1. The minimum atomic E-state index is -1.02. The number of hydrogen-bond acceptors (Lipinski definition) is 8. The Bertz CT molecular complexity index is 1500. The van der Waals surface area contributed by atoms with E-state index in [9.17, 15) is 14.7 Å². The van der Waals surface area contributed by atoms with Crippen LogP contribution >= 0.6 is 11.3 Å². The van der Waals surface area contributed by atoms with Gasteiger partial charge < -0.3 is 19.0 Å². The Morgan fingerprint density at radius 3 is 2.63 bits per heavy atom. The lowest BCUT2D eigenvalue weighted by atomic mass is 9.94. The molecule has 4 aromatic rings. The molecule has 1 atom stereocenters. The standard InChI is InChI=1S/C26H22N2O6S/c1-13-10-14(2)21-19(11-13)35-26(27-21)28-22(16-12-15(32-3)7-8-17(16)33-4)20(24(30)25(28)31)23(29)18-6-5-9-34-18/h5-12,22,30H,1-4H3. The molecule has 1 aliphatic heterocycles. The van der Waals surface area contributed by atoms with Crippen molar-refractivity contribution < 1.29 is 28.6 Å². The van der Waals surface area contributed by atoms with Gasteiger partial charge in [-0.15, -0.1) is 0 Å². The lowest BCUT2D eigenvalue weighted by molar-refractivity contribution is -0.117. The molecule has 0 fully saturated rings. The smallest absolute Gasteiger partial charge is 0.296 e. The van der Waals surface area contributed by atoms with Crippen LogP contribution in [0.1, 0.15) is 33.3 Å². The van der Waals surface area contributed by atoms with Crippen molar-refractivity contribution in [1.82, 2.24) is 4.98 Å². The SMILES string of the molecule is COc1ccc(OC)c(C2C(C(=O)c3ccco3)=C(O)C(=O)N2c2nc3c(C)cc(C)cc3s2)c1. The first-order valence-corrected chi connectivity index (χ1v) is 11.6. The van der Waals surface area contributed by atoms with Gasteiger partial charge in [-0.2, -0.15) is 0 Å². The summed E-state index contributed by atoms with van der Waals surface area (Å²) in [6.45, 7) is 3.94. The number of carbonyl (C=O) groups excluding carboxylic acids is 2. The number of anilines is 1. The fraction of sp³-hybridized carbons (Fsp3) is 0.192. The highest BCUT2D eigenvalue weighted by Crippen LogP contribution is 2.47. The summed E-state index contributed by atoms with van der Waals surface area (Å²) in [5, 5.41) is 11.3. The summed E-state index contributed by atoms with van der Waals surface area (Å²) in [5.41, 5.74) is 3.13. The van der Waals surface area contributed by atoms with Crippen LogP contribution in [0.5, 0.6) is 11.5 Å². The molecule has 9 heteroatoms. The molecule has 0 saturated carbocycles. The summed E-state index contributed by atoms with van der Waals surface area (Å²) >= 11 is 1.31. The Morgan fingerprint density at radius 1 is 1.14 bits per heavy atom. The van der Waals surface area contributed by atoms with E-state index in [0.29, 0.717) is 22.2 Å². The van der Waals surface area contributed by atoms with Crippen molar-refractivity contribution in [2.75, 3.05) is 19.1 Å². The largest absolute Gasteiger partial charge is 0.503 e. The minimum absolute atomic E-state index is 0.00355. The van der Waals surface area contributed by atoms with Crippen LogP contribution in [0.25, 0.3) is 10.2 Å². The molecule has 1 aliphatic rings. The van der Waals surface area contributed by atoms with E-state index < -0.39 is 23.5 Å². The number of rotatable bonds is 6. The van der Waals surface area contributed by atoms with Gasteiger partial charge in [0.2, 0.25) is 5.78 Å². The number of furan rings is 1. The molecular weight excluding hydrogens is 468 g/mol. The van der Waals surface area contributed by atoms with Crippen LogP contribution in [0.2, 0.25) is 0 Å². The number of Topliss-reactive ketones (excluding diaryl/α,β-unsaturated/α-hetero) is 1. The first-order chi connectivity index (χ1) is 16.8. The lowest BCUT2D eigenvalue weighted by Crippen LogP contribution is -2.31. The molecule has 1 unspecified atom stereocenters. The monoisotopic (exact) mass is 490 g/mol. The number of aromatic nitrogens is 1. The number of aliphatic hydroxyl groups is 1. The van der Waals surface area contributed by atoms with E-state index in [0.717, 1.165) is 21.3 Å². The van der Waals surface area contributed by atoms with Crippen LogP contribution in [0, 0.1) is 13.8 Å². The number of ether oxygens (including phenoxy) is 2. The molecule has 0 spiro atoms. The minimum Gasteiger partial charge on any atom is -0.503 e. The predicted molar refractivity (Wildman–Crippen MR) is 132 cm³/mol. The van der Waals surface area contributed by atoms with Gasteiger partial charge in [0.05, 0.1) is 36.3 Å². The predicted octanol–water partition coefficient (Wildman–Crippen LogP) is 5.31. The second kappa shape index (κ2) is 8.59. The quantitative estimate of drug-likeness (QED) is 0.366. The van der Waals surface area contributed by atoms with Gasteiger partial charge in [0.15, 0.2) is 16.7 Å². The second-order valence-electron chi connectivity index (χ2n) is 8.18. The third-order valence-corrected chi connectivity index (χ3v) is 6.96. The third-order valence-electron chi connectivity index (χ3n) is 5.95. The third kappa shape index (κ3) is 3.64. The summed E-state index contributed by atoms with van der Waals surface area (Å²) in [6, 6.07) is 11.1. The average molecular weight is 491 g/mol. The van der Waals surface area contributed by atoms with Crippen LogP contribution in [0.3, 0.4) is 0 Å². The van der Waals surface area contributed by atoms with Gasteiger partial charge in [0, 0.05) is 5.56 Å². The Balaban J connectivity index is 1.75. The van der Waals surface area contributed by atoms with Crippen LogP contribution in [0.15, 0.2) is 64.5 Å². The van der Waals surface area contributed by atoms with E-state index in [-0.39, 0.29) is 11.3 Å². The zero-order chi connectivity index (χ0) is 24.9. The van der Waals surface area contributed by atoms with Crippen LogP contribution in [-0.2, 0) is 4.79 Å². The number of aryl methyl sites for hydroxylation is 2. The second-order valence-corrected chi connectivity index (χ2v) is 9.19. The van der Waals surface area contributed by atoms with Crippen molar-refractivity contribution in [2.45, 2.75) is 19.9 Å². The fourth-order valence-corrected chi connectivity index (χ4v) is 5.55. The number of ketones is 1. The molecule has 178 valence electrons. The normalized spacial score (nSPS) is 15.8. The van der Waals surface area contributed by atoms with E-state index in [1.807, 2.05) is 26.0 Å². The molecule has 3 heterocycles. The summed E-state index contributed by atoms with van der Waals surface area (Å²) in [7, 11) is 3.01. The molecule has 0 radical (unpaired) electrons. The molecule has 2 aromatic heterocycles. The van der Waals surface area contributed by atoms with E-state index in [2.05, 4.69) is 0 Å². The average Bonchev–Trinajstić information content (AvgIpc) is 3.57. The highest BCUT2D eigenvalue weighted by atomic mass is 32.1. The van der Waals surface area contributed by atoms with Gasteiger partial charge in [0.1, 0.15) is 17.5 Å². The summed E-state index contributed by atoms with van der Waals surface area (Å²) < 4.78 is 17.2. The molecule has 8 nitrogen and oxygen atoms in total. The summed E-state index contributed by atoms with van der Waals surface area (Å²) in [4.78, 5) is 33.0.